The lowest BCUT2D eigenvalue weighted by atomic mass is 9.91. The van der Waals surface area contributed by atoms with Crippen molar-refractivity contribution >= 4 is 21.8 Å². The highest BCUT2D eigenvalue weighted by molar-refractivity contribution is 7.93. The molecule has 3 aliphatic rings. The van der Waals surface area contributed by atoms with Gasteiger partial charge in [0.15, 0.2) is 11.6 Å². The fourth-order valence-corrected chi connectivity index (χ4v) is 6.77. The molecule has 0 saturated carbocycles. The molecule has 4 atom stereocenters. The molecule has 2 aliphatic carbocycles. The van der Waals surface area contributed by atoms with Crippen LogP contribution in [0.1, 0.15) is 49.1 Å². The van der Waals surface area contributed by atoms with Gasteiger partial charge in [0.25, 0.3) is 0 Å². The number of nitrogens with zero attached hydrogens (tertiary/aromatic N) is 1. The van der Waals surface area contributed by atoms with Gasteiger partial charge in [0.1, 0.15) is 16.9 Å². The molecule has 4 unspecified atom stereocenters. The van der Waals surface area contributed by atoms with E-state index in [1.807, 2.05) is 4.72 Å². The minimum atomic E-state index is -4.41. The molecule has 0 spiro atoms. The number of nitrogens with one attached hydrogen (secondary N) is 2. The summed E-state index contributed by atoms with van der Waals surface area (Å²) in [7, 11) is -4.41. The molecule has 9 nitrogen and oxygen atoms in total. The van der Waals surface area contributed by atoms with Gasteiger partial charge >= 0.3 is 0 Å². The van der Waals surface area contributed by atoms with Gasteiger partial charge in [0.05, 0.1) is 12.2 Å². The SMILES string of the molecule is NC(CC(=O)N1CCCC1CNC(=O)C1=CC(S(=O)(=O)NCCO)=C(F)CC1F)C1CCc2cc(F)c(F)cc21. The van der Waals surface area contributed by atoms with E-state index in [4.69, 9.17) is 10.8 Å². The molecule has 1 fully saturated rings. The number of aliphatic hydroxyl groups is 1. The predicted molar refractivity (Wildman–Crippen MR) is 137 cm³/mol. The second kappa shape index (κ2) is 12.4. The van der Waals surface area contributed by atoms with E-state index in [1.165, 1.54) is 0 Å². The number of alkyl halides is 1. The van der Waals surface area contributed by atoms with E-state index in [9.17, 15) is 35.6 Å². The summed E-state index contributed by atoms with van der Waals surface area (Å²) in [5, 5.41) is 11.4. The minimum Gasteiger partial charge on any atom is -0.395 e. The predicted octanol–water partition coefficient (Wildman–Crippen LogP) is 1.58. The first-order chi connectivity index (χ1) is 18.9. The van der Waals surface area contributed by atoms with E-state index >= 15 is 0 Å². The van der Waals surface area contributed by atoms with Crippen molar-refractivity contribution in [3.05, 3.63) is 57.3 Å². The molecule has 0 bridgehead atoms. The number of rotatable bonds is 10. The Bertz CT molecular complexity index is 1340. The molecule has 5 N–H and O–H groups in total. The highest BCUT2D eigenvalue weighted by Gasteiger charge is 2.36. The van der Waals surface area contributed by atoms with Gasteiger partial charge in [-0.3, -0.25) is 9.59 Å². The Morgan fingerprint density at radius 3 is 2.62 bits per heavy atom. The zero-order valence-corrected chi connectivity index (χ0v) is 22.5. The third kappa shape index (κ3) is 6.40. The lowest BCUT2D eigenvalue weighted by Crippen LogP contribution is -2.46. The van der Waals surface area contributed by atoms with Crippen LogP contribution in [0.15, 0.2) is 34.5 Å². The maximum absolute atomic E-state index is 14.5. The van der Waals surface area contributed by atoms with Crippen LogP contribution in [-0.4, -0.2) is 74.7 Å². The van der Waals surface area contributed by atoms with Crippen molar-refractivity contribution in [3.63, 3.8) is 0 Å². The van der Waals surface area contributed by atoms with E-state index in [0.29, 0.717) is 49.4 Å². The fourth-order valence-electron chi connectivity index (χ4n) is 5.59. The molecule has 1 heterocycles. The number of nitrogens with two attached hydrogens (primary N) is 1. The maximum Gasteiger partial charge on any atom is 0.250 e. The number of sulfonamides is 1. The molecule has 1 aromatic carbocycles. The number of carbonyl (C=O) groups excluding carboxylic acids is 2. The Morgan fingerprint density at radius 1 is 1.18 bits per heavy atom. The van der Waals surface area contributed by atoms with Gasteiger partial charge < -0.3 is 21.1 Å². The summed E-state index contributed by atoms with van der Waals surface area (Å²) in [6.45, 7) is -0.553. The highest BCUT2D eigenvalue weighted by Crippen LogP contribution is 2.37. The average molecular weight is 589 g/mol. The molecule has 2 amide bonds. The Labute approximate surface area is 229 Å². The van der Waals surface area contributed by atoms with E-state index in [0.717, 1.165) is 12.1 Å². The van der Waals surface area contributed by atoms with Crippen LogP contribution >= 0.6 is 0 Å². The van der Waals surface area contributed by atoms with Gasteiger partial charge in [0, 0.05) is 50.5 Å². The standard InChI is InChI=1S/C26H32F4N4O5S/c27-19-11-22(30)24(40(38,39)33-5-7-35)10-18(19)26(37)32-13-15-2-1-6-34(15)25(36)12-23(31)16-4-3-14-8-20(28)21(29)9-17(14)16/h8-10,15-16,19,23,33,35H,1-7,11-13,31H2,(H,32,37). The lowest BCUT2D eigenvalue weighted by molar-refractivity contribution is -0.133. The number of likely N-dealkylation sites (tertiary alicyclic amines) is 1. The summed E-state index contributed by atoms with van der Waals surface area (Å²) in [5.74, 6) is -4.63. The van der Waals surface area contributed by atoms with Crippen molar-refractivity contribution in [2.45, 2.75) is 62.7 Å². The van der Waals surface area contributed by atoms with Crippen LogP contribution in [0.25, 0.3) is 0 Å². The molecule has 1 aromatic rings. The van der Waals surface area contributed by atoms with Crippen LogP contribution in [0.5, 0.6) is 0 Å². The number of aliphatic hydroxyl groups excluding tert-OH is 1. The third-order valence-corrected chi connectivity index (χ3v) is 9.14. The van der Waals surface area contributed by atoms with Crippen molar-refractivity contribution in [3.8, 4) is 0 Å². The number of fused-ring (bicyclic) bond motifs is 1. The molecule has 14 heteroatoms. The molecule has 1 saturated heterocycles. The Balaban J connectivity index is 1.37. The number of hydrogen-bond acceptors (Lipinski definition) is 6. The van der Waals surface area contributed by atoms with Crippen LogP contribution in [-0.2, 0) is 26.0 Å². The van der Waals surface area contributed by atoms with Crippen molar-refractivity contribution in [2.75, 3.05) is 26.2 Å². The molecule has 0 radical (unpaired) electrons. The Morgan fingerprint density at radius 2 is 1.90 bits per heavy atom. The zero-order chi connectivity index (χ0) is 29.2. The van der Waals surface area contributed by atoms with Crippen LogP contribution in [0.2, 0.25) is 0 Å². The quantitative estimate of drug-likeness (QED) is 0.306. The number of aryl methyl sites for hydroxylation is 1. The largest absolute Gasteiger partial charge is 0.395 e. The van der Waals surface area contributed by atoms with Crippen molar-refractivity contribution in [1.82, 2.24) is 14.9 Å². The van der Waals surface area contributed by atoms with Crippen LogP contribution in [0.3, 0.4) is 0 Å². The van der Waals surface area contributed by atoms with Gasteiger partial charge in [-0.1, -0.05) is 0 Å². The summed E-state index contributed by atoms with van der Waals surface area (Å²) < 4.78 is 82.7. The van der Waals surface area contributed by atoms with Crippen molar-refractivity contribution in [2.24, 2.45) is 5.73 Å². The topological polar surface area (TPSA) is 142 Å². The summed E-state index contributed by atoms with van der Waals surface area (Å²) in [5.41, 5.74) is 7.05. The summed E-state index contributed by atoms with van der Waals surface area (Å²) in [4.78, 5) is 26.6. The monoisotopic (exact) mass is 588 g/mol. The smallest absolute Gasteiger partial charge is 0.250 e. The van der Waals surface area contributed by atoms with Crippen LogP contribution in [0, 0.1) is 11.6 Å². The van der Waals surface area contributed by atoms with Gasteiger partial charge in [-0.15, -0.1) is 0 Å². The van der Waals surface area contributed by atoms with Gasteiger partial charge in [-0.05, 0) is 55.0 Å². The first-order valence-electron chi connectivity index (χ1n) is 13.1. The molecule has 4 rings (SSSR count). The normalized spacial score (nSPS) is 23.7. The van der Waals surface area contributed by atoms with Gasteiger partial charge in [-0.25, -0.2) is 30.7 Å². The van der Waals surface area contributed by atoms with E-state index in [2.05, 4.69) is 5.32 Å². The number of carbonyl (C=O) groups is 2. The van der Waals surface area contributed by atoms with Gasteiger partial charge in [-0.2, -0.15) is 0 Å². The zero-order valence-electron chi connectivity index (χ0n) is 21.6. The highest BCUT2D eigenvalue weighted by atomic mass is 32.2. The number of benzene rings is 1. The summed E-state index contributed by atoms with van der Waals surface area (Å²) in [6.07, 6.45) is -0.100. The molecule has 40 heavy (non-hydrogen) atoms. The van der Waals surface area contributed by atoms with Crippen LogP contribution in [0.4, 0.5) is 17.6 Å². The second-order valence-electron chi connectivity index (χ2n) is 10.2. The lowest BCUT2D eigenvalue weighted by Gasteiger charge is -2.28. The number of hydrogen-bond donors (Lipinski definition) is 4. The average Bonchev–Trinajstić information content (AvgIpc) is 3.53. The molecular formula is C26H32F4N4O5S. The van der Waals surface area contributed by atoms with Gasteiger partial charge in [0.2, 0.25) is 21.8 Å². The Hall–Kier alpha value is -2.81. The second-order valence-corrected chi connectivity index (χ2v) is 12.0. The molecule has 1 aliphatic heterocycles. The third-order valence-electron chi connectivity index (χ3n) is 7.63. The Kier molecular flexibility index (Phi) is 9.33. The van der Waals surface area contributed by atoms with E-state index < -0.39 is 75.2 Å². The van der Waals surface area contributed by atoms with Crippen LogP contribution < -0.4 is 15.8 Å². The first kappa shape index (κ1) is 30.2. The molecule has 220 valence electrons. The first-order valence-corrected chi connectivity index (χ1v) is 14.6. The number of amides is 2. The summed E-state index contributed by atoms with van der Waals surface area (Å²) in [6, 6.07) is 1.25. The van der Waals surface area contributed by atoms with E-state index in [-0.39, 0.29) is 31.3 Å². The molecule has 0 aromatic heterocycles. The van der Waals surface area contributed by atoms with E-state index in [1.54, 1.807) is 4.90 Å². The maximum atomic E-state index is 14.5. The summed E-state index contributed by atoms with van der Waals surface area (Å²) >= 11 is 0. The van der Waals surface area contributed by atoms with Crippen molar-refractivity contribution in [1.29, 1.82) is 0 Å². The number of halogens is 4. The fraction of sp³-hybridized carbons (Fsp3) is 0.538. The van der Waals surface area contributed by atoms with Crippen molar-refractivity contribution < 1.29 is 40.7 Å². The minimum absolute atomic E-state index is 0.0440. The number of allylic oxidation sites excluding steroid dienone is 2. The molecular weight excluding hydrogens is 556 g/mol.